The van der Waals surface area contributed by atoms with Gasteiger partial charge in [-0.25, -0.2) is 0 Å². The molecule has 5 heteroatoms. The Hall–Kier alpha value is -0.680. The molecule has 0 amide bonds. The van der Waals surface area contributed by atoms with Crippen molar-refractivity contribution < 1.29 is 4.21 Å². The minimum atomic E-state index is -0.972. The van der Waals surface area contributed by atoms with Gasteiger partial charge < -0.3 is 0 Å². The van der Waals surface area contributed by atoms with Crippen LogP contribution in [0.5, 0.6) is 0 Å². The molecule has 90 valence electrons. The van der Waals surface area contributed by atoms with Crippen LogP contribution in [0.3, 0.4) is 0 Å². The van der Waals surface area contributed by atoms with Crippen molar-refractivity contribution in [2.75, 3.05) is 12.8 Å². The number of nitrogens with zero attached hydrogens (tertiary/aromatic N) is 3. The molecule has 1 aliphatic heterocycles. The quantitative estimate of drug-likeness (QED) is 0.782. The van der Waals surface area contributed by atoms with Crippen molar-refractivity contribution in [3.8, 4) is 0 Å². The van der Waals surface area contributed by atoms with E-state index in [-0.39, 0.29) is 0 Å². The predicted molar refractivity (Wildman–Crippen MR) is 64.7 cm³/mol. The Balaban J connectivity index is 2.25. The molecule has 0 spiro atoms. The molecular weight excluding hydrogens is 222 g/mol. The average Bonchev–Trinajstić information content (AvgIpc) is 2.50. The van der Waals surface area contributed by atoms with E-state index in [0.717, 1.165) is 26.1 Å². The maximum absolute atomic E-state index is 11.4. The second-order valence-corrected chi connectivity index (χ2v) is 5.90. The number of aryl methyl sites for hydroxylation is 1. The molecule has 1 atom stereocenters. The van der Waals surface area contributed by atoms with Crippen LogP contribution in [-0.2, 0) is 23.9 Å². The summed E-state index contributed by atoms with van der Waals surface area (Å²) in [6.45, 7) is 7.40. The first-order valence-corrected chi connectivity index (χ1v) is 7.28. The van der Waals surface area contributed by atoms with Gasteiger partial charge in [-0.1, -0.05) is 0 Å². The Labute approximate surface area is 99.1 Å². The van der Waals surface area contributed by atoms with Crippen LogP contribution < -0.4 is 0 Å². The van der Waals surface area contributed by atoms with Crippen LogP contribution in [0, 0.1) is 0 Å². The fourth-order valence-electron chi connectivity index (χ4n) is 2.04. The third-order valence-electron chi connectivity index (χ3n) is 3.05. The molecule has 0 radical (unpaired) electrons. The molecule has 0 saturated carbocycles. The summed E-state index contributed by atoms with van der Waals surface area (Å²) in [5.74, 6) is 0. The second kappa shape index (κ2) is 4.67. The lowest BCUT2D eigenvalue weighted by Gasteiger charge is -2.23. The first kappa shape index (κ1) is 11.8. The van der Waals surface area contributed by atoms with E-state index in [9.17, 15) is 4.21 Å². The third kappa shape index (κ3) is 2.35. The summed E-state index contributed by atoms with van der Waals surface area (Å²) >= 11 is 0. The molecule has 0 bridgehead atoms. The van der Waals surface area contributed by atoms with Crippen LogP contribution in [0.2, 0.25) is 0 Å². The summed E-state index contributed by atoms with van der Waals surface area (Å²) in [7, 11) is -0.972. The van der Waals surface area contributed by atoms with Crippen molar-refractivity contribution in [3.05, 3.63) is 11.8 Å². The molecule has 0 saturated heterocycles. The molecule has 0 fully saturated rings. The topological polar surface area (TPSA) is 38.1 Å². The lowest BCUT2D eigenvalue weighted by molar-refractivity contribution is 0.216. The zero-order chi connectivity index (χ0) is 11.7. The zero-order valence-corrected chi connectivity index (χ0v) is 11.0. The standard InChI is InChI=1S/C11H19N3OS/c1-9(2)13-5-4-6-14-10(8-13)7-11(12-14)16(3)15/h7,9H,4-6,8H2,1-3H3. The van der Waals surface area contributed by atoms with Crippen LogP contribution in [-0.4, -0.2) is 37.7 Å². The SMILES string of the molecule is CC(C)N1CCCn2nc(S(C)=O)cc2C1. The van der Waals surface area contributed by atoms with E-state index in [1.807, 2.05) is 10.7 Å². The van der Waals surface area contributed by atoms with Gasteiger partial charge in [0.2, 0.25) is 0 Å². The van der Waals surface area contributed by atoms with Crippen molar-refractivity contribution in [2.24, 2.45) is 0 Å². The average molecular weight is 241 g/mol. The van der Waals surface area contributed by atoms with E-state index in [0.29, 0.717) is 11.1 Å². The fourth-order valence-corrected chi connectivity index (χ4v) is 2.56. The Kier molecular flexibility index (Phi) is 3.44. The maximum Gasteiger partial charge on any atom is 0.149 e. The monoisotopic (exact) mass is 241 g/mol. The number of hydrogen-bond donors (Lipinski definition) is 0. The summed E-state index contributed by atoms with van der Waals surface area (Å²) in [4.78, 5) is 2.43. The first-order valence-electron chi connectivity index (χ1n) is 5.72. The molecule has 1 aromatic heterocycles. The van der Waals surface area contributed by atoms with Crippen LogP contribution in [0.1, 0.15) is 26.0 Å². The van der Waals surface area contributed by atoms with Crippen molar-refractivity contribution in [1.82, 2.24) is 14.7 Å². The van der Waals surface area contributed by atoms with Crippen LogP contribution in [0.15, 0.2) is 11.1 Å². The number of fused-ring (bicyclic) bond motifs is 1. The fraction of sp³-hybridized carbons (Fsp3) is 0.727. The van der Waals surface area contributed by atoms with Gasteiger partial charge in [-0.05, 0) is 26.3 Å². The highest BCUT2D eigenvalue weighted by Gasteiger charge is 2.19. The molecule has 1 unspecified atom stereocenters. The third-order valence-corrected chi connectivity index (χ3v) is 3.83. The second-order valence-electron chi connectivity index (χ2n) is 4.57. The zero-order valence-electron chi connectivity index (χ0n) is 10.1. The van der Waals surface area contributed by atoms with Gasteiger partial charge in [-0.2, -0.15) is 5.10 Å². The summed E-state index contributed by atoms with van der Waals surface area (Å²) in [5.41, 5.74) is 1.19. The largest absolute Gasteiger partial charge is 0.295 e. The highest BCUT2D eigenvalue weighted by atomic mass is 32.2. The molecule has 1 aromatic rings. The molecule has 1 aliphatic rings. The molecule has 2 heterocycles. The number of hydrogen-bond acceptors (Lipinski definition) is 3. The predicted octanol–water partition coefficient (Wildman–Crippen LogP) is 1.23. The molecule has 0 N–H and O–H groups in total. The highest BCUT2D eigenvalue weighted by Crippen LogP contribution is 2.16. The summed E-state index contributed by atoms with van der Waals surface area (Å²) < 4.78 is 13.4. The molecular formula is C11H19N3OS. The van der Waals surface area contributed by atoms with Gasteiger partial charge in [-0.15, -0.1) is 0 Å². The molecule has 0 aliphatic carbocycles. The Morgan fingerprint density at radius 1 is 1.44 bits per heavy atom. The normalized spacial score (nSPS) is 19.5. The maximum atomic E-state index is 11.4. The van der Waals surface area contributed by atoms with E-state index in [2.05, 4.69) is 23.8 Å². The van der Waals surface area contributed by atoms with Crippen LogP contribution in [0.25, 0.3) is 0 Å². The van der Waals surface area contributed by atoms with Crippen molar-refractivity contribution >= 4 is 10.8 Å². The van der Waals surface area contributed by atoms with Crippen molar-refractivity contribution in [1.29, 1.82) is 0 Å². The van der Waals surface area contributed by atoms with E-state index < -0.39 is 10.8 Å². The van der Waals surface area contributed by atoms with Gasteiger partial charge in [0.05, 0.1) is 16.5 Å². The van der Waals surface area contributed by atoms with Crippen molar-refractivity contribution in [2.45, 2.75) is 44.4 Å². The van der Waals surface area contributed by atoms with E-state index in [1.54, 1.807) is 6.26 Å². The summed E-state index contributed by atoms with van der Waals surface area (Å²) in [6.07, 6.45) is 2.80. The van der Waals surface area contributed by atoms with E-state index >= 15 is 0 Å². The van der Waals surface area contributed by atoms with Gasteiger partial charge in [-0.3, -0.25) is 13.8 Å². The van der Waals surface area contributed by atoms with Gasteiger partial charge >= 0.3 is 0 Å². The van der Waals surface area contributed by atoms with E-state index in [4.69, 9.17) is 0 Å². The summed E-state index contributed by atoms with van der Waals surface area (Å²) in [5, 5.41) is 5.10. The molecule has 0 aromatic carbocycles. The molecule has 4 nitrogen and oxygen atoms in total. The minimum Gasteiger partial charge on any atom is -0.295 e. The van der Waals surface area contributed by atoms with Gasteiger partial charge in [0.1, 0.15) is 5.03 Å². The van der Waals surface area contributed by atoms with Gasteiger partial charge in [0.15, 0.2) is 0 Å². The number of rotatable bonds is 2. The van der Waals surface area contributed by atoms with Crippen LogP contribution >= 0.6 is 0 Å². The Morgan fingerprint density at radius 2 is 2.19 bits per heavy atom. The van der Waals surface area contributed by atoms with Crippen LogP contribution in [0.4, 0.5) is 0 Å². The minimum absolute atomic E-state index is 0.553. The van der Waals surface area contributed by atoms with E-state index in [1.165, 1.54) is 5.69 Å². The Bertz CT molecular complexity index is 400. The number of aromatic nitrogens is 2. The lowest BCUT2D eigenvalue weighted by Crippen LogP contribution is -2.30. The highest BCUT2D eigenvalue weighted by molar-refractivity contribution is 7.84. The van der Waals surface area contributed by atoms with Gasteiger partial charge in [0, 0.05) is 31.9 Å². The lowest BCUT2D eigenvalue weighted by atomic mass is 10.3. The smallest absolute Gasteiger partial charge is 0.149 e. The Morgan fingerprint density at radius 3 is 2.81 bits per heavy atom. The summed E-state index contributed by atoms with van der Waals surface area (Å²) in [6, 6.07) is 2.54. The molecule has 16 heavy (non-hydrogen) atoms. The van der Waals surface area contributed by atoms with Gasteiger partial charge in [0.25, 0.3) is 0 Å². The molecule has 2 rings (SSSR count). The first-order chi connectivity index (χ1) is 7.58. The van der Waals surface area contributed by atoms with Crippen molar-refractivity contribution in [3.63, 3.8) is 0 Å².